The number of ether oxygens (including phenoxy) is 2. The molecule has 0 saturated heterocycles. The van der Waals surface area contributed by atoms with Crippen molar-refractivity contribution in [1.29, 1.82) is 0 Å². The monoisotopic (exact) mass is 419 g/mol. The molecule has 0 aliphatic carbocycles. The number of aromatic nitrogens is 1. The largest absolute Gasteiger partial charge is 0.471 e. The van der Waals surface area contributed by atoms with Gasteiger partial charge in [-0.3, -0.25) is 9.62 Å². The Morgan fingerprint density at radius 1 is 1.31 bits per heavy atom. The molecule has 1 atom stereocenters. The third-order valence-electron chi connectivity index (χ3n) is 4.06. The standard InChI is InChI=1S/C20H25N3O5S/c1-13-7-6-8-16(9-13)29(25,26)23-12-14(2)27-18-17(23)10-15(11-21-18)22-19(24)28-20(3,4)5/h6-11,14H,12H2,1-5H3,(H,22,24). The van der Waals surface area contributed by atoms with Crippen molar-refractivity contribution in [1.82, 2.24) is 4.98 Å². The van der Waals surface area contributed by atoms with Crippen LogP contribution in [0.25, 0.3) is 0 Å². The van der Waals surface area contributed by atoms with Gasteiger partial charge in [0.05, 0.1) is 23.3 Å². The van der Waals surface area contributed by atoms with E-state index in [9.17, 15) is 13.2 Å². The molecule has 156 valence electrons. The van der Waals surface area contributed by atoms with E-state index in [-0.39, 0.29) is 29.1 Å². The molecular weight excluding hydrogens is 394 g/mol. The molecule has 9 heteroatoms. The molecule has 1 N–H and O–H groups in total. The summed E-state index contributed by atoms with van der Waals surface area (Å²) in [5.74, 6) is 0.190. The van der Waals surface area contributed by atoms with Crippen LogP contribution < -0.4 is 14.4 Å². The van der Waals surface area contributed by atoms with Crippen molar-refractivity contribution in [3.63, 3.8) is 0 Å². The number of carbonyl (C=O) groups excluding carboxylic acids is 1. The first-order valence-corrected chi connectivity index (χ1v) is 10.7. The highest BCUT2D eigenvalue weighted by Gasteiger charge is 2.34. The highest BCUT2D eigenvalue weighted by molar-refractivity contribution is 7.92. The lowest BCUT2D eigenvalue weighted by Gasteiger charge is -2.33. The Kier molecular flexibility index (Phi) is 5.44. The number of carbonyl (C=O) groups is 1. The van der Waals surface area contributed by atoms with Crippen LogP contribution in [0.2, 0.25) is 0 Å². The van der Waals surface area contributed by atoms with Gasteiger partial charge in [-0.1, -0.05) is 12.1 Å². The molecule has 1 aliphatic rings. The minimum Gasteiger partial charge on any atom is -0.471 e. The zero-order chi connectivity index (χ0) is 21.4. The second kappa shape index (κ2) is 7.55. The molecule has 1 aromatic carbocycles. The van der Waals surface area contributed by atoms with Crippen molar-refractivity contribution >= 4 is 27.5 Å². The Morgan fingerprint density at radius 2 is 2.03 bits per heavy atom. The summed E-state index contributed by atoms with van der Waals surface area (Å²) in [7, 11) is -3.84. The normalized spacial score (nSPS) is 16.6. The summed E-state index contributed by atoms with van der Waals surface area (Å²) in [5.41, 5.74) is 0.745. The van der Waals surface area contributed by atoms with Gasteiger partial charge in [-0.05, 0) is 58.4 Å². The Balaban J connectivity index is 1.97. The van der Waals surface area contributed by atoms with E-state index in [1.54, 1.807) is 45.9 Å². The number of rotatable bonds is 3. The fourth-order valence-corrected chi connectivity index (χ4v) is 4.53. The summed E-state index contributed by atoms with van der Waals surface area (Å²) < 4.78 is 38.8. The Morgan fingerprint density at radius 3 is 2.69 bits per heavy atom. The predicted molar refractivity (Wildman–Crippen MR) is 110 cm³/mol. The van der Waals surface area contributed by atoms with Gasteiger partial charge in [-0.15, -0.1) is 0 Å². The highest BCUT2D eigenvalue weighted by Crippen LogP contribution is 2.37. The lowest BCUT2D eigenvalue weighted by molar-refractivity contribution is 0.0636. The van der Waals surface area contributed by atoms with Gasteiger partial charge < -0.3 is 9.47 Å². The van der Waals surface area contributed by atoms with E-state index in [1.807, 2.05) is 13.0 Å². The molecule has 1 unspecified atom stereocenters. The van der Waals surface area contributed by atoms with Crippen molar-refractivity contribution < 1.29 is 22.7 Å². The first-order chi connectivity index (χ1) is 13.5. The summed E-state index contributed by atoms with van der Waals surface area (Å²) in [6.45, 7) is 8.99. The number of nitrogens with one attached hydrogen (secondary N) is 1. The number of pyridine rings is 1. The lowest BCUT2D eigenvalue weighted by atomic mass is 10.2. The number of hydrogen-bond donors (Lipinski definition) is 1. The third-order valence-corrected chi connectivity index (χ3v) is 5.84. The minimum atomic E-state index is -3.84. The predicted octanol–water partition coefficient (Wildman–Crippen LogP) is 3.71. The molecule has 0 bridgehead atoms. The molecule has 1 aromatic heterocycles. The highest BCUT2D eigenvalue weighted by atomic mass is 32.2. The van der Waals surface area contributed by atoms with E-state index in [1.165, 1.54) is 16.6 Å². The van der Waals surface area contributed by atoms with Crippen LogP contribution >= 0.6 is 0 Å². The summed E-state index contributed by atoms with van der Waals surface area (Å²) in [5, 5.41) is 2.58. The number of sulfonamides is 1. The maximum Gasteiger partial charge on any atom is 0.412 e. The number of hydrogen-bond acceptors (Lipinski definition) is 6. The van der Waals surface area contributed by atoms with Gasteiger partial charge in [0.1, 0.15) is 17.4 Å². The van der Waals surface area contributed by atoms with E-state index in [2.05, 4.69) is 10.3 Å². The van der Waals surface area contributed by atoms with Gasteiger partial charge in [0.2, 0.25) is 5.88 Å². The molecule has 0 fully saturated rings. The number of aryl methyl sites for hydroxylation is 1. The number of anilines is 2. The zero-order valence-electron chi connectivity index (χ0n) is 17.1. The fourth-order valence-electron chi connectivity index (χ4n) is 2.89. The summed E-state index contributed by atoms with van der Waals surface area (Å²) in [6, 6.07) is 8.22. The van der Waals surface area contributed by atoms with Gasteiger partial charge in [0.15, 0.2) is 0 Å². The Bertz CT molecular complexity index is 1030. The summed E-state index contributed by atoms with van der Waals surface area (Å²) in [6.07, 6.45) is 0.370. The van der Waals surface area contributed by atoms with Gasteiger partial charge in [0, 0.05) is 0 Å². The molecule has 3 rings (SSSR count). The topological polar surface area (TPSA) is 97.8 Å². The Labute approximate surface area is 170 Å². The number of fused-ring (bicyclic) bond motifs is 1. The quantitative estimate of drug-likeness (QED) is 0.814. The molecule has 0 spiro atoms. The van der Waals surface area contributed by atoms with Crippen molar-refractivity contribution in [3.05, 3.63) is 42.1 Å². The zero-order valence-corrected chi connectivity index (χ0v) is 17.9. The average molecular weight is 420 g/mol. The Hall–Kier alpha value is -2.81. The smallest absolute Gasteiger partial charge is 0.412 e. The van der Waals surface area contributed by atoms with Crippen LogP contribution in [0.1, 0.15) is 33.3 Å². The first kappa shape index (κ1) is 20.9. The van der Waals surface area contributed by atoms with E-state index in [4.69, 9.17) is 9.47 Å². The number of nitrogens with zero attached hydrogens (tertiary/aromatic N) is 2. The molecular formula is C20H25N3O5S. The van der Waals surface area contributed by atoms with E-state index in [0.717, 1.165) is 5.56 Å². The van der Waals surface area contributed by atoms with Gasteiger partial charge in [-0.2, -0.15) is 0 Å². The van der Waals surface area contributed by atoms with Gasteiger partial charge in [0.25, 0.3) is 10.0 Å². The van der Waals surface area contributed by atoms with Crippen LogP contribution in [0.15, 0.2) is 41.4 Å². The van der Waals surface area contributed by atoms with E-state index in [0.29, 0.717) is 5.69 Å². The van der Waals surface area contributed by atoms with Crippen LogP contribution in [0, 0.1) is 6.92 Å². The van der Waals surface area contributed by atoms with Crippen LogP contribution in [-0.2, 0) is 14.8 Å². The van der Waals surface area contributed by atoms with Crippen LogP contribution in [-0.4, -0.2) is 37.7 Å². The SMILES string of the molecule is Cc1cccc(S(=O)(=O)N2CC(C)Oc3ncc(NC(=O)OC(C)(C)C)cc32)c1. The van der Waals surface area contributed by atoms with Gasteiger partial charge >= 0.3 is 6.09 Å². The average Bonchev–Trinajstić information content (AvgIpc) is 2.59. The van der Waals surface area contributed by atoms with Gasteiger partial charge in [-0.25, -0.2) is 18.2 Å². The summed E-state index contributed by atoms with van der Waals surface area (Å²) in [4.78, 5) is 16.4. The molecule has 8 nitrogen and oxygen atoms in total. The molecule has 29 heavy (non-hydrogen) atoms. The maximum atomic E-state index is 13.3. The fraction of sp³-hybridized carbons (Fsp3) is 0.400. The van der Waals surface area contributed by atoms with E-state index < -0.39 is 21.7 Å². The molecule has 0 saturated carbocycles. The third kappa shape index (κ3) is 4.79. The number of amides is 1. The second-order valence-electron chi connectivity index (χ2n) is 7.96. The lowest BCUT2D eigenvalue weighted by Crippen LogP contribution is -2.42. The van der Waals surface area contributed by atoms with Crippen molar-refractivity contribution in [2.45, 2.75) is 51.2 Å². The van der Waals surface area contributed by atoms with Crippen molar-refractivity contribution in [2.75, 3.05) is 16.2 Å². The number of benzene rings is 1. The van der Waals surface area contributed by atoms with E-state index >= 15 is 0 Å². The summed E-state index contributed by atoms with van der Waals surface area (Å²) >= 11 is 0. The van der Waals surface area contributed by atoms with Crippen molar-refractivity contribution in [3.8, 4) is 5.88 Å². The first-order valence-electron chi connectivity index (χ1n) is 9.22. The molecule has 1 amide bonds. The second-order valence-corrected chi connectivity index (χ2v) is 9.82. The van der Waals surface area contributed by atoms with Crippen molar-refractivity contribution in [2.24, 2.45) is 0 Å². The molecule has 0 radical (unpaired) electrons. The van der Waals surface area contributed by atoms with Crippen LogP contribution in [0.3, 0.4) is 0 Å². The molecule has 2 heterocycles. The van der Waals surface area contributed by atoms with Crippen LogP contribution in [0.4, 0.5) is 16.2 Å². The molecule has 1 aliphatic heterocycles. The maximum absolute atomic E-state index is 13.3. The minimum absolute atomic E-state index is 0.126. The van der Waals surface area contributed by atoms with Crippen LogP contribution in [0.5, 0.6) is 5.88 Å². The molecule has 2 aromatic rings.